The molecule has 2 heterocycles. The van der Waals surface area contributed by atoms with Crippen LogP contribution < -0.4 is 0 Å². The van der Waals surface area contributed by atoms with Crippen LogP contribution in [0.3, 0.4) is 0 Å². The van der Waals surface area contributed by atoms with Gasteiger partial charge in [0.05, 0.1) is 11.3 Å². The third-order valence-electron chi connectivity index (χ3n) is 4.24. The first-order valence-electron chi connectivity index (χ1n) is 7.46. The third-order valence-corrected chi connectivity index (χ3v) is 4.51. The molecule has 1 aliphatic rings. The first kappa shape index (κ1) is 18.0. The van der Waals surface area contributed by atoms with Gasteiger partial charge in [0, 0.05) is 18.8 Å². The molecule has 134 valence electrons. The smallest absolute Gasteiger partial charge is 0.200 e. The van der Waals surface area contributed by atoms with E-state index in [0.29, 0.717) is 37.3 Å². The first-order chi connectivity index (χ1) is 11.8. The molecule has 3 rings (SSSR count). The highest BCUT2D eigenvalue weighted by Gasteiger charge is 2.32. The average Bonchev–Trinajstić information content (AvgIpc) is 2.62. The molecule has 0 amide bonds. The van der Waals surface area contributed by atoms with Crippen LogP contribution in [-0.2, 0) is 4.74 Å². The van der Waals surface area contributed by atoms with E-state index in [1.165, 1.54) is 0 Å². The average molecular weight is 379 g/mol. The molecule has 0 saturated carbocycles. The van der Waals surface area contributed by atoms with E-state index in [4.69, 9.17) is 16.3 Å². The number of rotatable bonds is 2. The summed E-state index contributed by atoms with van der Waals surface area (Å²) in [6.07, 6.45) is 1.01. The van der Waals surface area contributed by atoms with Crippen molar-refractivity contribution in [1.82, 2.24) is 10.2 Å². The Morgan fingerprint density at radius 1 is 0.840 bits per heavy atom. The lowest BCUT2D eigenvalue weighted by Crippen LogP contribution is -2.18. The molecular weight excluding hydrogens is 367 g/mol. The molecule has 1 fully saturated rings. The predicted octanol–water partition coefficient (Wildman–Crippen LogP) is 4.69. The maximum atomic E-state index is 14.3. The number of hydrogen-bond acceptors (Lipinski definition) is 3. The van der Waals surface area contributed by atoms with Crippen molar-refractivity contribution < 1.29 is 26.7 Å². The van der Waals surface area contributed by atoms with Crippen LogP contribution in [0.15, 0.2) is 0 Å². The van der Waals surface area contributed by atoms with Gasteiger partial charge in [0.15, 0.2) is 28.4 Å². The molecule has 0 atom stereocenters. The Kier molecular flexibility index (Phi) is 4.92. The highest BCUT2D eigenvalue weighted by Crippen LogP contribution is 2.42. The summed E-state index contributed by atoms with van der Waals surface area (Å²) in [7, 11) is 0. The second-order valence-corrected chi connectivity index (χ2v) is 6.05. The van der Waals surface area contributed by atoms with Crippen molar-refractivity contribution in [3.63, 3.8) is 0 Å². The molecule has 2 aromatic rings. The van der Waals surface area contributed by atoms with Gasteiger partial charge in [0.25, 0.3) is 0 Å². The van der Waals surface area contributed by atoms with Crippen molar-refractivity contribution in [3.8, 4) is 11.1 Å². The zero-order valence-electron chi connectivity index (χ0n) is 13.0. The van der Waals surface area contributed by atoms with Gasteiger partial charge in [0.2, 0.25) is 5.82 Å². The molecule has 1 saturated heterocycles. The normalized spacial score (nSPS) is 15.6. The molecule has 3 nitrogen and oxygen atoms in total. The van der Waals surface area contributed by atoms with Gasteiger partial charge in [-0.2, -0.15) is 5.10 Å². The maximum absolute atomic E-state index is 14.3. The molecule has 0 spiro atoms. The molecule has 0 unspecified atom stereocenters. The van der Waals surface area contributed by atoms with Crippen LogP contribution in [0.1, 0.15) is 30.0 Å². The fraction of sp³-hybridized carbons (Fsp3) is 0.375. The van der Waals surface area contributed by atoms with Crippen molar-refractivity contribution in [1.29, 1.82) is 0 Å². The SMILES string of the molecule is Cc1nnc(Cl)c(-c2c(F)c(F)c(F)c(F)c2F)c1C1CCOCC1. The van der Waals surface area contributed by atoms with Gasteiger partial charge in [-0.25, -0.2) is 22.0 Å². The highest BCUT2D eigenvalue weighted by atomic mass is 35.5. The molecule has 1 aliphatic heterocycles. The number of aromatic nitrogens is 2. The number of nitrogens with zero attached hydrogens (tertiary/aromatic N) is 2. The fourth-order valence-corrected chi connectivity index (χ4v) is 3.30. The highest BCUT2D eigenvalue weighted by molar-refractivity contribution is 6.32. The lowest BCUT2D eigenvalue weighted by atomic mass is 9.85. The van der Waals surface area contributed by atoms with Crippen molar-refractivity contribution in [3.05, 3.63) is 45.5 Å². The summed E-state index contributed by atoms with van der Waals surface area (Å²) in [5.74, 6) is -10.4. The predicted molar refractivity (Wildman–Crippen MR) is 79.8 cm³/mol. The van der Waals surface area contributed by atoms with Crippen LogP contribution in [-0.4, -0.2) is 23.4 Å². The number of benzene rings is 1. The van der Waals surface area contributed by atoms with E-state index < -0.39 is 39.8 Å². The van der Waals surface area contributed by atoms with E-state index in [2.05, 4.69) is 10.2 Å². The zero-order valence-corrected chi connectivity index (χ0v) is 13.7. The van der Waals surface area contributed by atoms with Gasteiger partial charge < -0.3 is 4.74 Å². The summed E-state index contributed by atoms with van der Waals surface area (Å²) in [6, 6.07) is 0. The number of halogens is 6. The van der Waals surface area contributed by atoms with Crippen molar-refractivity contribution in [2.45, 2.75) is 25.7 Å². The summed E-state index contributed by atoms with van der Waals surface area (Å²) in [4.78, 5) is 0. The first-order valence-corrected chi connectivity index (χ1v) is 7.84. The summed E-state index contributed by atoms with van der Waals surface area (Å²) in [5, 5.41) is 7.00. The molecule has 0 bridgehead atoms. The van der Waals surface area contributed by atoms with E-state index >= 15 is 0 Å². The Morgan fingerprint density at radius 3 is 1.92 bits per heavy atom. The van der Waals surface area contributed by atoms with E-state index in [1.54, 1.807) is 6.92 Å². The minimum atomic E-state index is -2.22. The minimum Gasteiger partial charge on any atom is -0.381 e. The van der Waals surface area contributed by atoms with Gasteiger partial charge in [-0.3, -0.25) is 0 Å². The Hall–Kier alpha value is -1.80. The molecule has 25 heavy (non-hydrogen) atoms. The molecule has 1 aromatic heterocycles. The molecule has 0 N–H and O–H groups in total. The molecule has 9 heteroatoms. The van der Waals surface area contributed by atoms with Gasteiger partial charge in [-0.1, -0.05) is 11.6 Å². The van der Waals surface area contributed by atoms with Crippen LogP contribution in [0.2, 0.25) is 5.15 Å². The van der Waals surface area contributed by atoms with Gasteiger partial charge in [-0.05, 0) is 31.2 Å². The lowest BCUT2D eigenvalue weighted by Gasteiger charge is -2.26. The summed E-state index contributed by atoms with van der Waals surface area (Å²) in [5.41, 5.74) is -0.753. The topological polar surface area (TPSA) is 35.0 Å². The van der Waals surface area contributed by atoms with Crippen molar-refractivity contribution in [2.24, 2.45) is 0 Å². The standard InChI is InChI=1S/C16H12ClF5N2O/c1-6-8(7-2-4-25-5-3-7)9(16(17)24-23-6)10-11(18)13(20)15(22)14(21)12(10)19/h7H,2-5H2,1H3. The van der Waals surface area contributed by atoms with Crippen molar-refractivity contribution in [2.75, 3.05) is 13.2 Å². The van der Waals surface area contributed by atoms with Gasteiger partial charge >= 0.3 is 0 Å². The number of ether oxygens (including phenoxy) is 1. The second-order valence-electron chi connectivity index (χ2n) is 5.70. The van der Waals surface area contributed by atoms with Crippen LogP contribution in [0.5, 0.6) is 0 Å². The molecular formula is C16H12ClF5N2O. The molecule has 0 radical (unpaired) electrons. The molecule has 1 aromatic carbocycles. The Bertz CT molecular complexity index is 811. The van der Waals surface area contributed by atoms with Gasteiger partial charge in [-0.15, -0.1) is 5.10 Å². The Morgan fingerprint density at radius 2 is 1.36 bits per heavy atom. The lowest BCUT2D eigenvalue weighted by molar-refractivity contribution is 0.0852. The van der Waals surface area contributed by atoms with Crippen LogP contribution in [0.4, 0.5) is 22.0 Å². The number of aryl methyl sites for hydroxylation is 1. The maximum Gasteiger partial charge on any atom is 0.200 e. The van der Waals surface area contributed by atoms with E-state index in [-0.39, 0.29) is 11.5 Å². The monoisotopic (exact) mass is 378 g/mol. The third kappa shape index (κ3) is 2.97. The summed E-state index contributed by atoms with van der Waals surface area (Å²) in [6.45, 7) is 2.35. The number of hydrogen-bond donors (Lipinski definition) is 0. The van der Waals surface area contributed by atoms with E-state index in [0.717, 1.165) is 0 Å². The van der Waals surface area contributed by atoms with Crippen LogP contribution >= 0.6 is 11.6 Å². The fourth-order valence-electron chi connectivity index (χ4n) is 3.06. The quantitative estimate of drug-likeness (QED) is 0.432. The minimum absolute atomic E-state index is 0.244. The van der Waals surface area contributed by atoms with E-state index in [1.807, 2.05) is 0 Å². The van der Waals surface area contributed by atoms with Gasteiger partial charge in [0.1, 0.15) is 0 Å². The van der Waals surface area contributed by atoms with Crippen LogP contribution in [0.25, 0.3) is 11.1 Å². The second kappa shape index (κ2) is 6.84. The zero-order chi connectivity index (χ0) is 18.3. The Labute approximate surface area is 144 Å². The summed E-state index contributed by atoms with van der Waals surface area (Å²) < 4.78 is 74.5. The Balaban J connectivity index is 2.34. The summed E-state index contributed by atoms with van der Waals surface area (Å²) >= 11 is 5.97. The largest absolute Gasteiger partial charge is 0.381 e. The van der Waals surface area contributed by atoms with E-state index in [9.17, 15) is 22.0 Å². The van der Waals surface area contributed by atoms with Crippen LogP contribution in [0, 0.1) is 36.0 Å². The molecule has 0 aliphatic carbocycles. The van der Waals surface area contributed by atoms with Crippen molar-refractivity contribution >= 4 is 11.6 Å².